The van der Waals surface area contributed by atoms with E-state index in [9.17, 15) is 18.0 Å². The maximum absolute atomic E-state index is 13.3. The van der Waals surface area contributed by atoms with Gasteiger partial charge in [0.25, 0.3) is 0 Å². The monoisotopic (exact) mass is 377 g/mol. The van der Waals surface area contributed by atoms with Crippen LogP contribution in [0.3, 0.4) is 0 Å². The summed E-state index contributed by atoms with van der Waals surface area (Å²) in [5.41, 5.74) is 1.19. The van der Waals surface area contributed by atoms with Crippen molar-refractivity contribution in [1.29, 1.82) is 0 Å². The van der Waals surface area contributed by atoms with Gasteiger partial charge in [-0.05, 0) is 49.7 Å². The summed E-state index contributed by atoms with van der Waals surface area (Å²) in [6, 6.07) is 9.27. The molecule has 0 spiro atoms. The van der Waals surface area contributed by atoms with Gasteiger partial charge in [0, 0.05) is 43.6 Å². The Morgan fingerprint density at radius 2 is 1.70 bits per heavy atom. The lowest BCUT2D eigenvalue weighted by molar-refractivity contribution is -0.120. The van der Waals surface area contributed by atoms with Gasteiger partial charge >= 0.3 is 0 Å². The Morgan fingerprint density at radius 1 is 0.963 bits per heavy atom. The molecule has 0 bridgehead atoms. The van der Waals surface area contributed by atoms with Crippen LogP contribution in [-0.2, 0) is 4.79 Å². The van der Waals surface area contributed by atoms with Crippen LogP contribution in [0.4, 0.5) is 24.5 Å². The molecule has 0 aliphatic carbocycles. The van der Waals surface area contributed by atoms with Crippen molar-refractivity contribution in [1.82, 2.24) is 4.90 Å². The molecule has 4 nitrogen and oxygen atoms in total. The number of carbonyl (C=O) groups is 1. The fraction of sp³-hybridized carbons (Fsp3) is 0.350. The second kappa shape index (κ2) is 8.43. The van der Waals surface area contributed by atoms with Crippen molar-refractivity contribution < 1.29 is 18.0 Å². The molecule has 27 heavy (non-hydrogen) atoms. The average molecular weight is 377 g/mol. The highest BCUT2D eigenvalue weighted by Gasteiger charge is 2.24. The minimum Gasteiger partial charge on any atom is -0.370 e. The number of carbonyl (C=O) groups excluding carboxylic acids is 1. The van der Waals surface area contributed by atoms with Crippen LogP contribution in [0.2, 0.25) is 0 Å². The molecular weight excluding hydrogens is 355 g/mol. The number of hydrogen-bond donors (Lipinski definition) is 1. The van der Waals surface area contributed by atoms with Gasteiger partial charge in [-0.25, -0.2) is 13.2 Å². The topological polar surface area (TPSA) is 35.6 Å². The average Bonchev–Trinajstić information content (AvgIpc) is 2.91. The van der Waals surface area contributed by atoms with Crippen LogP contribution in [0.25, 0.3) is 0 Å². The number of rotatable bonds is 4. The van der Waals surface area contributed by atoms with Crippen molar-refractivity contribution in [2.24, 2.45) is 0 Å². The standard InChI is InChI=1S/C20H22F3N3O/c1-14(20(27)24-16-5-8-18(22)19(23)13-16)25-9-2-10-26(12-11-25)17-6-3-15(21)4-7-17/h3-8,13-14H,2,9-12H2,1H3,(H,24,27). The summed E-state index contributed by atoms with van der Waals surface area (Å²) in [6.45, 7) is 4.74. The van der Waals surface area contributed by atoms with Crippen LogP contribution in [0.5, 0.6) is 0 Å². The summed E-state index contributed by atoms with van der Waals surface area (Å²) in [4.78, 5) is 16.7. The number of anilines is 2. The van der Waals surface area contributed by atoms with E-state index in [-0.39, 0.29) is 17.4 Å². The van der Waals surface area contributed by atoms with E-state index < -0.39 is 17.7 Å². The number of hydrogen-bond acceptors (Lipinski definition) is 3. The van der Waals surface area contributed by atoms with Crippen molar-refractivity contribution in [3.8, 4) is 0 Å². The molecule has 1 saturated heterocycles. The third-order valence-electron chi connectivity index (χ3n) is 4.84. The minimum atomic E-state index is -0.995. The Hall–Kier alpha value is -2.54. The molecule has 2 aromatic carbocycles. The zero-order valence-corrected chi connectivity index (χ0v) is 15.1. The first-order valence-corrected chi connectivity index (χ1v) is 8.94. The molecule has 0 aromatic heterocycles. The largest absolute Gasteiger partial charge is 0.370 e. The van der Waals surface area contributed by atoms with E-state index >= 15 is 0 Å². The first kappa shape index (κ1) is 19.2. The smallest absolute Gasteiger partial charge is 0.241 e. The second-order valence-electron chi connectivity index (χ2n) is 6.65. The zero-order valence-electron chi connectivity index (χ0n) is 15.1. The molecule has 1 atom stereocenters. The molecule has 0 radical (unpaired) electrons. The van der Waals surface area contributed by atoms with Crippen LogP contribution >= 0.6 is 0 Å². The van der Waals surface area contributed by atoms with Crippen molar-refractivity contribution in [2.45, 2.75) is 19.4 Å². The van der Waals surface area contributed by atoms with Crippen LogP contribution in [-0.4, -0.2) is 43.0 Å². The van der Waals surface area contributed by atoms with Crippen LogP contribution in [0.15, 0.2) is 42.5 Å². The maximum atomic E-state index is 13.3. The second-order valence-corrected chi connectivity index (χ2v) is 6.65. The van der Waals surface area contributed by atoms with E-state index in [2.05, 4.69) is 15.1 Å². The van der Waals surface area contributed by atoms with Crippen molar-refractivity contribution in [3.63, 3.8) is 0 Å². The number of nitrogens with one attached hydrogen (secondary N) is 1. The molecule has 144 valence electrons. The fourth-order valence-electron chi connectivity index (χ4n) is 3.22. The predicted molar refractivity (Wildman–Crippen MR) is 99.3 cm³/mol. The van der Waals surface area contributed by atoms with Gasteiger partial charge in [-0.15, -0.1) is 0 Å². The number of halogens is 3. The molecule has 1 aliphatic heterocycles. The number of amides is 1. The first-order chi connectivity index (χ1) is 12.9. The van der Waals surface area contributed by atoms with E-state index in [0.29, 0.717) is 13.1 Å². The third-order valence-corrected chi connectivity index (χ3v) is 4.84. The highest BCUT2D eigenvalue weighted by molar-refractivity contribution is 5.94. The summed E-state index contributed by atoms with van der Waals surface area (Å²) in [6.07, 6.45) is 0.861. The van der Waals surface area contributed by atoms with E-state index in [1.54, 1.807) is 19.1 Å². The van der Waals surface area contributed by atoms with Crippen molar-refractivity contribution in [3.05, 3.63) is 59.9 Å². The van der Waals surface area contributed by atoms with Gasteiger partial charge < -0.3 is 10.2 Å². The normalized spacial score (nSPS) is 16.7. The Balaban J connectivity index is 1.59. The molecule has 1 fully saturated rings. The van der Waals surface area contributed by atoms with Crippen LogP contribution in [0.1, 0.15) is 13.3 Å². The summed E-state index contributed by atoms with van der Waals surface area (Å²) in [7, 11) is 0. The number of benzene rings is 2. The highest BCUT2D eigenvalue weighted by Crippen LogP contribution is 2.19. The summed E-state index contributed by atoms with van der Waals surface area (Å²) in [5, 5.41) is 2.63. The minimum absolute atomic E-state index is 0.230. The quantitative estimate of drug-likeness (QED) is 0.884. The molecule has 1 amide bonds. The predicted octanol–water partition coefficient (Wildman–Crippen LogP) is 3.64. The van der Waals surface area contributed by atoms with Crippen LogP contribution < -0.4 is 10.2 Å². The molecule has 0 saturated carbocycles. The SMILES string of the molecule is CC(C(=O)Nc1ccc(F)c(F)c1)N1CCCN(c2ccc(F)cc2)CC1. The van der Waals surface area contributed by atoms with E-state index in [1.165, 1.54) is 18.2 Å². The lowest BCUT2D eigenvalue weighted by Crippen LogP contribution is -2.44. The Labute approximate surface area is 156 Å². The summed E-state index contributed by atoms with van der Waals surface area (Å²) in [5.74, 6) is -2.48. The zero-order chi connectivity index (χ0) is 19.4. The van der Waals surface area contributed by atoms with E-state index in [1.807, 2.05) is 0 Å². The number of nitrogens with zero attached hydrogens (tertiary/aromatic N) is 2. The van der Waals surface area contributed by atoms with Crippen molar-refractivity contribution >= 4 is 17.3 Å². The van der Waals surface area contributed by atoms with Crippen LogP contribution in [0, 0.1) is 17.5 Å². The first-order valence-electron chi connectivity index (χ1n) is 8.94. The molecule has 7 heteroatoms. The van der Waals surface area contributed by atoms with E-state index in [4.69, 9.17) is 0 Å². The fourth-order valence-corrected chi connectivity index (χ4v) is 3.22. The molecule has 1 N–H and O–H groups in total. The lowest BCUT2D eigenvalue weighted by Gasteiger charge is -2.27. The van der Waals surface area contributed by atoms with Crippen molar-refractivity contribution in [2.75, 3.05) is 36.4 Å². The molecule has 1 aliphatic rings. The highest BCUT2D eigenvalue weighted by atomic mass is 19.2. The Kier molecular flexibility index (Phi) is 6.01. The van der Waals surface area contributed by atoms with Gasteiger partial charge in [0.1, 0.15) is 5.82 Å². The summed E-state index contributed by atoms with van der Waals surface area (Å²) < 4.78 is 39.4. The summed E-state index contributed by atoms with van der Waals surface area (Å²) >= 11 is 0. The maximum Gasteiger partial charge on any atom is 0.241 e. The third kappa shape index (κ3) is 4.80. The molecule has 1 unspecified atom stereocenters. The van der Waals surface area contributed by atoms with Gasteiger partial charge in [-0.2, -0.15) is 0 Å². The Morgan fingerprint density at radius 3 is 2.41 bits per heavy atom. The van der Waals surface area contributed by atoms with Gasteiger partial charge in [0.05, 0.1) is 6.04 Å². The van der Waals surface area contributed by atoms with Gasteiger partial charge in [-0.1, -0.05) is 0 Å². The molecule has 1 heterocycles. The molecule has 2 aromatic rings. The van der Waals surface area contributed by atoms with E-state index in [0.717, 1.165) is 37.3 Å². The molecule has 3 rings (SSSR count). The lowest BCUT2D eigenvalue weighted by atomic mass is 10.2. The van der Waals surface area contributed by atoms with Gasteiger partial charge in [0.15, 0.2) is 11.6 Å². The van der Waals surface area contributed by atoms with Gasteiger partial charge in [0.2, 0.25) is 5.91 Å². The molecular formula is C20H22F3N3O. The Bertz CT molecular complexity index is 798. The van der Waals surface area contributed by atoms with Gasteiger partial charge in [-0.3, -0.25) is 9.69 Å².